The van der Waals surface area contributed by atoms with Gasteiger partial charge in [-0.3, -0.25) is 9.63 Å². The molecule has 1 rings (SSSR count). The van der Waals surface area contributed by atoms with E-state index in [1.165, 1.54) is 0 Å². The number of hydroxylamine groups is 1. The van der Waals surface area contributed by atoms with Gasteiger partial charge in [0.05, 0.1) is 24.0 Å². The maximum absolute atomic E-state index is 10.4. The second-order valence-electron chi connectivity index (χ2n) is 4.40. The van der Waals surface area contributed by atoms with Crippen LogP contribution in [0, 0.1) is 0 Å². The summed E-state index contributed by atoms with van der Waals surface area (Å²) >= 11 is 0. The van der Waals surface area contributed by atoms with Gasteiger partial charge < -0.3 is 5.73 Å². The number of primary amides is 1. The lowest BCUT2D eigenvalue weighted by Crippen LogP contribution is -2.24. The van der Waals surface area contributed by atoms with Crippen LogP contribution >= 0.6 is 0 Å². The van der Waals surface area contributed by atoms with E-state index in [0.29, 0.717) is 6.54 Å². The minimum atomic E-state index is -0.522. The number of nitrogens with one attached hydrogen (secondary N) is 1. The van der Waals surface area contributed by atoms with Gasteiger partial charge in [-0.25, -0.2) is 4.68 Å². The summed E-state index contributed by atoms with van der Waals surface area (Å²) < 4.78 is 1.76. The molecule has 0 aromatic carbocycles. The Hall–Kier alpha value is -1.47. The van der Waals surface area contributed by atoms with Crippen LogP contribution in [0.5, 0.6) is 0 Å². The van der Waals surface area contributed by atoms with Crippen molar-refractivity contribution in [1.82, 2.24) is 20.5 Å². The first kappa shape index (κ1) is 12.6. The van der Waals surface area contributed by atoms with E-state index in [1.807, 2.05) is 27.0 Å². The van der Waals surface area contributed by atoms with Crippen molar-refractivity contribution in [1.29, 1.82) is 0 Å². The van der Waals surface area contributed by atoms with Crippen molar-refractivity contribution in [2.75, 3.05) is 6.61 Å². The fourth-order valence-corrected chi connectivity index (χ4v) is 0.954. The van der Waals surface area contributed by atoms with Crippen molar-refractivity contribution in [3.8, 4) is 0 Å². The molecular formula is C9H17N5O2. The van der Waals surface area contributed by atoms with Crippen LogP contribution in [0.3, 0.4) is 0 Å². The van der Waals surface area contributed by atoms with E-state index >= 15 is 0 Å². The Bertz CT molecular complexity index is 355. The summed E-state index contributed by atoms with van der Waals surface area (Å²) in [6.07, 6.45) is 1.82. The summed E-state index contributed by atoms with van der Waals surface area (Å²) in [5.74, 6) is -0.522. The number of aromatic nitrogens is 3. The summed E-state index contributed by atoms with van der Waals surface area (Å²) in [5.41, 5.74) is 8.12. The number of nitrogens with zero attached hydrogens (tertiary/aromatic N) is 3. The van der Waals surface area contributed by atoms with Crippen LogP contribution in [0.1, 0.15) is 26.5 Å². The molecule has 0 unspecified atom stereocenters. The van der Waals surface area contributed by atoms with Gasteiger partial charge in [0.2, 0.25) is 5.91 Å². The molecule has 0 spiro atoms. The standard InChI is InChI=1S/C9H17N5O2/c1-9(2,3)14-5-7(12-13-14)4-11-16-6-8(10)15/h5,11H,4,6H2,1-3H3,(H2,10,15). The van der Waals surface area contributed by atoms with Crippen LogP contribution < -0.4 is 11.2 Å². The topological polar surface area (TPSA) is 95.1 Å². The van der Waals surface area contributed by atoms with Crippen molar-refractivity contribution in [3.63, 3.8) is 0 Å². The molecule has 1 aromatic rings. The van der Waals surface area contributed by atoms with Gasteiger partial charge in [-0.2, -0.15) is 5.48 Å². The summed E-state index contributed by atoms with van der Waals surface area (Å²) in [6, 6.07) is 0. The Morgan fingerprint density at radius 2 is 2.31 bits per heavy atom. The fraction of sp³-hybridized carbons (Fsp3) is 0.667. The normalized spacial score (nSPS) is 11.7. The van der Waals surface area contributed by atoms with Crippen molar-refractivity contribution in [2.24, 2.45) is 5.73 Å². The molecule has 3 N–H and O–H groups in total. The molecule has 1 heterocycles. The molecule has 1 amide bonds. The second-order valence-corrected chi connectivity index (χ2v) is 4.40. The molecule has 7 nitrogen and oxygen atoms in total. The highest BCUT2D eigenvalue weighted by atomic mass is 16.6. The first-order valence-corrected chi connectivity index (χ1v) is 4.94. The van der Waals surface area contributed by atoms with Gasteiger partial charge in [0, 0.05) is 0 Å². The van der Waals surface area contributed by atoms with Crippen LogP contribution in [-0.4, -0.2) is 27.5 Å². The van der Waals surface area contributed by atoms with Crippen molar-refractivity contribution in [2.45, 2.75) is 32.9 Å². The van der Waals surface area contributed by atoms with Crippen LogP contribution in [0.15, 0.2) is 6.20 Å². The van der Waals surface area contributed by atoms with E-state index in [1.54, 1.807) is 4.68 Å². The molecule has 1 aromatic heterocycles. The number of amides is 1. The molecule has 0 saturated carbocycles. The lowest BCUT2D eigenvalue weighted by Gasteiger charge is -2.17. The van der Waals surface area contributed by atoms with E-state index in [2.05, 4.69) is 15.8 Å². The van der Waals surface area contributed by atoms with Crippen molar-refractivity contribution in [3.05, 3.63) is 11.9 Å². The predicted molar refractivity (Wildman–Crippen MR) is 57.0 cm³/mol. The van der Waals surface area contributed by atoms with Gasteiger partial charge in [0.1, 0.15) is 6.61 Å². The Morgan fingerprint density at radius 1 is 1.62 bits per heavy atom. The molecule has 0 aliphatic carbocycles. The SMILES string of the molecule is CC(C)(C)n1cc(CNOCC(N)=O)nn1. The summed E-state index contributed by atoms with van der Waals surface area (Å²) in [5, 5.41) is 7.93. The molecule has 0 bridgehead atoms. The zero-order valence-electron chi connectivity index (χ0n) is 9.73. The molecular weight excluding hydrogens is 210 g/mol. The number of carbonyl (C=O) groups excluding carboxylic acids is 1. The van der Waals surface area contributed by atoms with Crippen molar-refractivity contribution >= 4 is 5.91 Å². The van der Waals surface area contributed by atoms with Gasteiger partial charge >= 0.3 is 0 Å². The molecule has 0 aliphatic heterocycles. The zero-order valence-corrected chi connectivity index (χ0v) is 9.73. The average molecular weight is 227 g/mol. The van der Waals surface area contributed by atoms with Crippen LogP contribution in [0.4, 0.5) is 0 Å². The van der Waals surface area contributed by atoms with Crippen molar-refractivity contribution < 1.29 is 9.63 Å². The third-order valence-electron chi connectivity index (χ3n) is 1.80. The minimum Gasteiger partial charge on any atom is -0.368 e. The van der Waals surface area contributed by atoms with E-state index in [4.69, 9.17) is 10.6 Å². The lowest BCUT2D eigenvalue weighted by molar-refractivity contribution is -0.125. The Kier molecular flexibility index (Phi) is 3.97. The number of rotatable bonds is 5. The van der Waals surface area contributed by atoms with E-state index in [0.717, 1.165) is 5.69 Å². The lowest BCUT2D eigenvalue weighted by atomic mass is 10.1. The predicted octanol–water partition coefficient (Wildman–Crippen LogP) is -0.460. The van der Waals surface area contributed by atoms with Crippen LogP contribution in [-0.2, 0) is 21.7 Å². The number of carbonyl (C=O) groups is 1. The van der Waals surface area contributed by atoms with Crippen LogP contribution in [0.25, 0.3) is 0 Å². The van der Waals surface area contributed by atoms with Gasteiger partial charge in [-0.05, 0) is 20.8 Å². The zero-order chi connectivity index (χ0) is 12.2. The largest absolute Gasteiger partial charge is 0.368 e. The first-order valence-electron chi connectivity index (χ1n) is 4.94. The van der Waals surface area contributed by atoms with Gasteiger partial charge in [0.15, 0.2) is 0 Å². The molecule has 0 aliphatic rings. The fourth-order valence-electron chi connectivity index (χ4n) is 0.954. The Labute approximate surface area is 93.9 Å². The average Bonchev–Trinajstić information content (AvgIpc) is 2.59. The maximum Gasteiger partial charge on any atom is 0.245 e. The van der Waals surface area contributed by atoms with Crippen LogP contribution in [0.2, 0.25) is 0 Å². The quantitative estimate of drug-likeness (QED) is 0.524. The maximum atomic E-state index is 10.4. The Morgan fingerprint density at radius 3 is 2.81 bits per heavy atom. The molecule has 7 heteroatoms. The highest BCUT2D eigenvalue weighted by Gasteiger charge is 2.14. The second kappa shape index (κ2) is 5.04. The summed E-state index contributed by atoms with van der Waals surface area (Å²) in [6.45, 7) is 6.31. The van der Waals surface area contributed by atoms with Gasteiger partial charge in [0.25, 0.3) is 0 Å². The number of nitrogens with two attached hydrogens (primary N) is 1. The third kappa shape index (κ3) is 3.95. The Balaban J connectivity index is 2.38. The van der Waals surface area contributed by atoms with Gasteiger partial charge in [-0.15, -0.1) is 5.10 Å². The molecule has 0 fully saturated rings. The molecule has 90 valence electrons. The summed E-state index contributed by atoms with van der Waals surface area (Å²) in [7, 11) is 0. The van der Waals surface area contributed by atoms with E-state index in [-0.39, 0.29) is 12.1 Å². The monoisotopic (exact) mass is 227 g/mol. The van der Waals surface area contributed by atoms with E-state index in [9.17, 15) is 4.79 Å². The molecule has 0 radical (unpaired) electrons. The van der Waals surface area contributed by atoms with Gasteiger partial charge in [-0.1, -0.05) is 5.21 Å². The van der Waals surface area contributed by atoms with E-state index < -0.39 is 5.91 Å². The third-order valence-corrected chi connectivity index (χ3v) is 1.80. The highest BCUT2D eigenvalue weighted by Crippen LogP contribution is 2.11. The molecule has 16 heavy (non-hydrogen) atoms. The highest BCUT2D eigenvalue weighted by molar-refractivity contribution is 5.74. The summed E-state index contributed by atoms with van der Waals surface area (Å²) in [4.78, 5) is 15.2. The smallest absolute Gasteiger partial charge is 0.245 e. The minimum absolute atomic E-state index is 0.0979. The number of hydrogen-bond donors (Lipinski definition) is 2. The number of hydrogen-bond acceptors (Lipinski definition) is 5. The molecule has 0 atom stereocenters. The first-order chi connectivity index (χ1) is 7.39. The molecule has 0 saturated heterocycles.